The molecule has 0 aliphatic rings. The van der Waals surface area contributed by atoms with Crippen LogP contribution in [0.3, 0.4) is 0 Å². The van der Waals surface area contributed by atoms with Gasteiger partial charge in [0.15, 0.2) is 0 Å². The van der Waals surface area contributed by atoms with Crippen LogP contribution in [0.4, 0.5) is 0 Å². The van der Waals surface area contributed by atoms with Crippen molar-refractivity contribution in [2.24, 2.45) is 0 Å². The molecule has 0 aliphatic heterocycles. The van der Waals surface area contributed by atoms with Crippen LogP contribution in [0.2, 0.25) is 0 Å². The van der Waals surface area contributed by atoms with Gasteiger partial charge in [-0.3, -0.25) is 4.79 Å². The van der Waals surface area contributed by atoms with E-state index in [0.717, 1.165) is 16.8 Å². The molecule has 0 aliphatic carbocycles. The SMILES string of the molecule is O=COc1cc(C(=O)O)cc(-c2ccc3ccc(-c4cc(C(=O)O)cc(C(=O)O)c4)cc3c2)c1. The van der Waals surface area contributed by atoms with E-state index in [9.17, 15) is 34.5 Å². The van der Waals surface area contributed by atoms with E-state index < -0.39 is 17.9 Å². The van der Waals surface area contributed by atoms with E-state index in [0.29, 0.717) is 22.3 Å². The lowest BCUT2D eigenvalue weighted by Gasteiger charge is -2.10. The monoisotopic (exact) mass is 456 g/mol. The quantitative estimate of drug-likeness (QED) is 0.337. The first-order valence-electron chi connectivity index (χ1n) is 9.90. The number of hydrogen-bond acceptors (Lipinski definition) is 5. The molecule has 0 saturated heterocycles. The fourth-order valence-corrected chi connectivity index (χ4v) is 3.66. The third-order valence-corrected chi connectivity index (χ3v) is 5.27. The normalized spacial score (nSPS) is 10.6. The van der Waals surface area contributed by atoms with Gasteiger partial charge in [-0.1, -0.05) is 24.3 Å². The molecule has 0 amide bonds. The van der Waals surface area contributed by atoms with Gasteiger partial charge in [-0.15, -0.1) is 0 Å². The molecule has 0 radical (unpaired) electrons. The molecule has 34 heavy (non-hydrogen) atoms. The van der Waals surface area contributed by atoms with Crippen LogP contribution in [0.25, 0.3) is 33.0 Å². The minimum absolute atomic E-state index is 0.0464. The number of aromatic carboxylic acids is 3. The summed E-state index contributed by atoms with van der Waals surface area (Å²) in [4.78, 5) is 45.1. The Kier molecular flexibility index (Phi) is 5.80. The molecule has 4 aromatic carbocycles. The number of fused-ring (bicyclic) bond motifs is 1. The van der Waals surface area contributed by atoms with Gasteiger partial charge < -0.3 is 20.1 Å². The summed E-state index contributed by atoms with van der Waals surface area (Å²) in [7, 11) is 0. The van der Waals surface area contributed by atoms with Gasteiger partial charge in [0.2, 0.25) is 0 Å². The van der Waals surface area contributed by atoms with Gasteiger partial charge in [0.1, 0.15) is 5.75 Å². The van der Waals surface area contributed by atoms with Crippen LogP contribution in [0.5, 0.6) is 5.75 Å². The third kappa shape index (κ3) is 4.46. The van der Waals surface area contributed by atoms with E-state index in [1.807, 2.05) is 18.2 Å². The van der Waals surface area contributed by atoms with Crippen molar-refractivity contribution in [3.8, 4) is 28.0 Å². The van der Waals surface area contributed by atoms with Gasteiger partial charge >= 0.3 is 17.9 Å². The molecular formula is C26H16O8. The second-order valence-corrected chi connectivity index (χ2v) is 7.45. The first kappa shape index (κ1) is 22.2. The fraction of sp³-hybridized carbons (Fsp3) is 0. The molecular weight excluding hydrogens is 440 g/mol. The maximum Gasteiger partial charge on any atom is 0.335 e. The second kappa shape index (κ2) is 8.87. The van der Waals surface area contributed by atoms with Crippen molar-refractivity contribution in [2.75, 3.05) is 0 Å². The minimum Gasteiger partial charge on any atom is -0.478 e. The van der Waals surface area contributed by atoms with Crippen LogP contribution < -0.4 is 4.74 Å². The molecule has 3 N–H and O–H groups in total. The van der Waals surface area contributed by atoms with E-state index in [1.54, 1.807) is 24.3 Å². The summed E-state index contributed by atoms with van der Waals surface area (Å²) < 4.78 is 4.84. The number of carboxylic acids is 3. The Morgan fingerprint density at radius 1 is 0.559 bits per heavy atom. The summed E-state index contributed by atoms with van der Waals surface area (Å²) >= 11 is 0. The predicted octanol–water partition coefficient (Wildman–Crippen LogP) is 4.80. The maximum absolute atomic E-state index is 11.5. The van der Waals surface area contributed by atoms with Crippen molar-refractivity contribution < 1.29 is 39.2 Å². The van der Waals surface area contributed by atoms with Crippen LogP contribution >= 0.6 is 0 Å². The Labute approximate surface area is 192 Å². The van der Waals surface area contributed by atoms with Crippen LogP contribution in [-0.4, -0.2) is 39.7 Å². The van der Waals surface area contributed by atoms with E-state index in [-0.39, 0.29) is 28.9 Å². The zero-order valence-corrected chi connectivity index (χ0v) is 17.4. The highest BCUT2D eigenvalue weighted by molar-refractivity contribution is 5.98. The van der Waals surface area contributed by atoms with Gasteiger partial charge in [-0.2, -0.15) is 0 Å². The lowest BCUT2D eigenvalue weighted by Crippen LogP contribution is -2.03. The molecule has 0 aromatic heterocycles. The summed E-state index contributed by atoms with van der Waals surface area (Å²) in [5.41, 5.74) is 1.89. The Balaban J connectivity index is 1.84. The van der Waals surface area contributed by atoms with Gasteiger partial charge in [0.05, 0.1) is 16.7 Å². The topological polar surface area (TPSA) is 138 Å². The van der Waals surface area contributed by atoms with Gasteiger partial charge in [-0.25, -0.2) is 14.4 Å². The molecule has 0 saturated carbocycles. The Morgan fingerprint density at radius 2 is 1.03 bits per heavy atom. The number of carboxylic acid groups (broad SMARTS) is 3. The van der Waals surface area contributed by atoms with Crippen molar-refractivity contribution in [1.29, 1.82) is 0 Å². The molecule has 8 heteroatoms. The lowest BCUT2D eigenvalue weighted by atomic mass is 9.95. The Hall–Kier alpha value is -4.98. The van der Waals surface area contributed by atoms with Crippen molar-refractivity contribution in [3.05, 3.63) is 89.5 Å². The molecule has 0 fully saturated rings. The zero-order valence-electron chi connectivity index (χ0n) is 17.4. The maximum atomic E-state index is 11.5. The molecule has 168 valence electrons. The van der Waals surface area contributed by atoms with Gasteiger partial charge in [0.25, 0.3) is 6.47 Å². The molecule has 0 spiro atoms. The molecule has 4 aromatic rings. The van der Waals surface area contributed by atoms with Crippen molar-refractivity contribution >= 4 is 35.2 Å². The van der Waals surface area contributed by atoms with Crippen LogP contribution in [0, 0.1) is 0 Å². The number of rotatable bonds is 7. The number of ether oxygens (including phenoxy) is 1. The van der Waals surface area contributed by atoms with Crippen molar-refractivity contribution in [3.63, 3.8) is 0 Å². The number of carbonyl (C=O) groups excluding carboxylic acids is 1. The van der Waals surface area contributed by atoms with Gasteiger partial charge in [-0.05, 0) is 81.6 Å². The molecule has 0 heterocycles. The molecule has 4 rings (SSSR count). The third-order valence-electron chi connectivity index (χ3n) is 5.27. The van der Waals surface area contributed by atoms with E-state index in [1.165, 1.54) is 24.3 Å². The number of benzene rings is 4. The highest BCUT2D eigenvalue weighted by Crippen LogP contribution is 2.32. The predicted molar refractivity (Wildman–Crippen MR) is 122 cm³/mol. The van der Waals surface area contributed by atoms with Crippen LogP contribution in [0.15, 0.2) is 72.8 Å². The largest absolute Gasteiger partial charge is 0.478 e. The summed E-state index contributed by atoms with van der Waals surface area (Å²) in [5, 5.41) is 29.7. The zero-order chi connectivity index (χ0) is 24.4. The van der Waals surface area contributed by atoms with E-state index in [2.05, 4.69) is 0 Å². The summed E-state index contributed by atoms with van der Waals surface area (Å²) in [6.45, 7) is 0.216. The van der Waals surface area contributed by atoms with E-state index in [4.69, 9.17) is 4.74 Å². The minimum atomic E-state index is -1.24. The first-order chi connectivity index (χ1) is 16.2. The highest BCUT2D eigenvalue weighted by atomic mass is 16.5. The highest BCUT2D eigenvalue weighted by Gasteiger charge is 2.14. The van der Waals surface area contributed by atoms with Crippen molar-refractivity contribution in [1.82, 2.24) is 0 Å². The van der Waals surface area contributed by atoms with Crippen LogP contribution in [0.1, 0.15) is 31.1 Å². The average molecular weight is 456 g/mol. The second-order valence-electron chi connectivity index (χ2n) is 7.45. The van der Waals surface area contributed by atoms with E-state index >= 15 is 0 Å². The fourth-order valence-electron chi connectivity index (χ4n) is 3.66. The molecule has 0 atom stereocenters. The lowest BCUT2D eigenvalue weighted by molar-refractivity contribution is -0.120. The first-order valence-corrected chi connectivity index (χ1v) is 9.90. The summed E-state index contributed by atoms with van der Waals surface area (Å²) in [5.74, 6) is -3.56. The number of hydrogen-bond donors (Lipinski definition) is 3. The number of carbonyl (C=O) groups is 4. The summed E-state index contributed by atoms with van der Waals surface area (Å²) in [6.07, 6.45) is 0. The molecule has 0 unspecified atom stereocenters. The Bertz CT molecular complexity index is 1450. The molecule has 8 nitrogen and oxygen atoms in total. The average Bonchev–Trinajstić information content (AvgIpc) is 2.83. The summed E-state index contributed by atoms with van der Waals surface area (Å²) in [6, 6.07) is 18.9. The van der Waals surface area contributed by atoms with Gasteiger partial charge in [0, 0.05) is 0 Å². The Morgan fingerprint density at radius 3 is 1.50 bits per heavy atom. The van der Waals surface area contributed by atoms with Crippen LogP contribution in [-0.2, 0) is 4.79 Å². The molecule has 0 bridgehead atoms. The van der Waals surface area contributed by atoms with Crippen molar-refractivity contribution in [2.45, 2.75) is 0 Å². The smallest absolute Gasteiger partial charge is 0.335 e. The standard InChI is InChI=1S/C26H16O8/c27-13-34-23-11-19(9-22(12-23)26(32)33)16-4-2-14-1-3-15(5-17(14)6-16)18-7-20(24(28)29)10-21(8-18)25(30)31/h1-13H,(H,28,29)(H,30,31)(H,32,33).